The smallest absolute Gasteiger partial charge is 0.228 e. The van der Waals surface area contributed by atoms with Gasteiger partial charge in [-0.3, -0.25) is 4.79 Å². The third-order valence-corrected chi connectivity index (χ3v) is 3.52. The molecule has 1 aromatic rings. The number of hydrogen-bond acceptors (Lipinski definition) is 2. The van der Waals surface area contributed by atoms with Gasteiger partial charge in [0.2, 0.25) is 5.91 Å². The first kappa shape index (κ1) is 9.85. The van der Waals surface area contributed by atoms with E-state index in [1.807, 2.05) is 6.07 Å². The summed E-state index contributed by atoms with van der Waals surface area (Å²) in [5, 5.41) is 6.36. The molecule has 2 N–H and O–H groups in total. The van der Waals surface area contributed by atoms with Crippen molar-refractivity contribution in [2.75, 3.05) is 18.4 Å². The summed E-state index contributed by atoms with van der Waals surface area (Å²) < 4.78 is 0. The zero-order valence-electron chi connectivity index (χ0n) is 9.25. The maximum atomic E-state index is 11.4. The van der Waals surface area contributed by atoms with Crippen LogP contribution >= 0.6 is 0 Å². The molecule has 2 aliphatic rings. The van der Waals surface area contributed by atoms with Crippen LogP contribution in [0, 0.1) is 5.92 Å². The molecule has 2 aliphatic heterocycles. The van der Waals surface area contributed by atoms with Crippen molar-refractivity contribution in [3.05, 3.63) is 29.3 Å². The fraction of sp³-hybridized carbons (Fsp3) is 0.462. The van der Waals surface area contributed by atoms with Crippen LogP contribution in [0.25, 0.3) is 0 Å². The number of benzene rings is 1. The number of carbonyl (C=O) groups is 1. The molecule has 1 atom stereocenters. The predicted molar refractivity (Wildman–Crippen MR) is 63.5 cm³/mol. The molecule has 1 aromatic carbocycles. The lowest BCUT2D eigenvalue weighted by molar-refractivity contribution is -0.115. The molecule has 2 heterocycles. The molecule has 1 fully saturated rings. The zero-order chi connectivity index (χ0) is 11.0. The molecule has 0 radical (unpaired) electrons. The summed E-state index contributed by atoms with van der Waals surface area (Å²) in [5.74, 6) is 0.857. The lowest BCUT2D eigenvalue weighted by atomic mass is 9.96. The van der Waals surface area contributed by atoms with Gasteiger partial charge in [0.05, 0.1) is 6.42 Å². The number of nitrogens with one attached hydrogen (secondary N) is 2. The minimum atomic E-state index is 0.131. The topological polar surface area (TPSA) is 41.1 Å². The van der Waals surface area contributed by atoms with Crippen LogP contribution in [0.3, 0.4) is 0 Å². The normalized spacial score (nSPS) is 23.2. The van der Waals surface area contributed by atoms with Gasteiger partial charge in [0.1, 0.15) is 0 Å². The lowest BCUT2D eigenvalue weighted by Gasteiger charge is -2.12. The summed E-state index contributed by atoms with van der Waals surface area (Å²) in [4.78, 5) is 11.4. The van der Waals surface area contributed by atoms with E-state index in [0.717, 1.165) is 36.7 Å². The van der Waals surface area contributed by atoms with Crippen LogP contribution in [0.5, 0.6) is 0 Å². The van der Waals surface area contributed by atoms with Crippen molar-refractivity contribution in [2.24, 2.45) is 5.92 Å². The first-order valence-electron chi connectivity index (χ1n) is 5.94. The van der Waals surface area contributed by atoms with Crippen molar-refractivity contribution < 1.29 is 4.79 Å². The molecule has 84 valence electrons. The Morgan fingerprint density at radius 2 is 2.31 bits per heavy atom. The number of carbonyl (C=O) groups excluding carboxylic acids is 1. The Labute approximate surface area is 95.2 Å². The Morgan fingerprint density at radius 1 is 1.38 bits per heavy atom. The number of hydrogen-bond donors (Lipinski definition) is 2. The minimum absolute atomic E-state index is 0.131. The van der Waals surface area contributed by atoms with Crippen molar-refractivity contribution in [1.29, 1.82) is 0 Å². The van der Waals surface area contributed by atoms with E-state index in [0.29, 0.717) is 6.42 Å². The molecule has 3 heteroatoms. The summed E-state index contributed by atoms with van der Waals surface area (Å²) in [7, 11) is 0. The summed E-state index contributed by atoms with van der Waals surface area (Å²) in [5.41, 5.74) is 3.55. The number of para-hydroxylation sites is 1. The summed E-state index contributed by atoms with van der Waals surface area (Å²) in [6.45, 7) is 2.24. The fourth-order valence-corrected chi connectivity index (χ4v) is 2.69. The second-order valence-corrected chi connectivity index (χ2v) is 4.74. The first-order valence-corrected chi connectivity index (χ1v) is 5.94. The van der Waals surface area contributed by atoms with Gasteiger partial charge in [0, 0.05) is 5.69 Å². The highest BCUT2D eigenvalue weighted by atomic mass is 16.1. The molecule has 0 aliphatic carbocycles. The van der Waals surface area contributed by atoms with E-state index in [1.54, 1.807) is 0 Å². The molecule has 0 bridgehead atoms. The van der Waals surface area contributed by atoms with Gasteiger partial charge in [-0.25, -0.2) is 0 Å². The third-order valence-electron chi connectivity index (χ3n) is 3.52. The van der Waals surface area contributed by atoms with Crippen LogP contribution in [0.2, 0.25) is 0 Å². The van der Waals surface area contributed by atoms with E-state index in [-0.39, 0.29) is 5.91 Å². The van der Waals surface area contributed by atoms with E-state index in [9.17, 15) is 4.79 Å². The van der Waals surface area contributed by atoms with Gasteiger partial charge in [0.25, 0.3) is 0 Å². The van der Waals surface area contributed by atoms with Crippen LogP contribution in [-0.4, -0.2) is 19.0 Å². The average Bonchev–Trinajstić information content (AvgIpc) is 2.86. The van der Waals surface area contributed by atoms with Crippen LogP contribution in [0.1, 0.15) is 17.5 Å². The summed E-state index contributed by atoms with van der Waals surface area (Å²) in [6.07, 6.45) is 2.88. The molecule has 1 saturated heterocycles. The van der Waals surface area contributed by atoms with E-state index in [1.165, 1.54) is 12.0 Å². The van der Waals surface area contributed by atoms with Crippen molar-refractivity contribution in [3.63, 3.8) is 0 Å². The van der Waals surface area contributed by atoms with Crippen molar-refractivity contribution >= 4 is 11.6 Å². The summed E-state index contributed by atoms with van der Waals surface area (Å²) in [6, 6.07) is 6.25. The van der Waals surface area contributed by atoms with E-state index in [2.05, 4.69) is 22.8 Å². The lowest BCUT2D eigenvalue weighted by Crippen LogP contribution is -2.12. The maximum Gasteiger partial charge on any atom is 0.228 e. The van der Waals surface area contributed by atoms with E-state index in [4.69, 9.17) is 0 Å². The van der Waals surface area contributed by atoms with Crippen LogP contribution in [0.4, 0.5) is 5.69 Å². The molecule has 1 amide bonds. The van der Waals surface area contributed by atoms with Gasteiger partial charge in [-0.15, -0.1) is 0 Å². The average molecular weight is 216 g/mol. The standard InChI is InChI=1S/C13H16N2O/c16-12-7-11-3-1-2-10(13(11)15-12)6-9-4-5-14-8-9/h1-3,9,14H,4-8H2,(H,15,16). The molecule has 3 rings (SSSR count). The highest BCUT2D eigenvalue weighted by Gasteiger charge is 2.22. The number of amides is 1. The molecule has 16 heavy (non-hydrogen) atoms. The Bertz CT molecular complexity index is 422. The largest absolute Gasteiger partial charge is 0.325 e. The third kappa shape index (κ3) is 1.71. The Balaban J connectivity index is 1.85. The second kappa shape index (κ2) is 3.91. The molecule has 1 unspecified atom stereocenters. The van der Waals surface area contributed by atoms with Gasteiger partial charge >= 0.3 is 0 Å². The van der Waals surface area contributed by atoms with Gasteiger partial charge in [0.15, 0.2) is 0 Å². The highest BCUT2D eigenvalue weighted by molar-refractivity contribution is 6.00. The molecular formula is C13H16N2O. The van der Waals surface area contributed by atoms with Gasteiger partial charge in [-0.2, -0.15) is 0 Å². The zero-order valence-corrected chi connectivity index (χ0v) is 9.25. The van der Waals surface area contributed by atoms with Crippen molar-refractivity contribution in [1.82, 2.24) is 5.32 Å². The monoisotopic (exact) mass is 216 g/mol. The molecule has 0 saturated carbocycles. The Kier molecular flexibility index (Phi) is 2.40. The summed E-state index contributed by atoms with van der Waals surface area (Å²) >= 11 is 0. The van der Waals surface area contributed by atoms with Crippen LogP contribution < -0.4 is 10.6 Å². The Morgan fingerprint density at radius 3 is 3.12 bits per heavy atom. The van der Waals surface area contributed by atoms with Gasteiger partial charge in [-0.1, -0.05) is 18.2 Å². The molecular weight excluding hydrogens is 200 g/mol. The maximum absolute atomic E-state index is 11.4. The molecule has 3 nitrogen and oxygen atoms in total. The van der Waals surface area contributed by atoms with Gasteiger partial charge < -0.3 is 10.6 Å². The van der Waals surface area contributed by atoms with Crippen LogP contribution in [-0.2, 0) is 17.6 Å². The van der Waals surface area contributed by atoms with Gasteiger partial charge in [-0.05, 0) is 43.0 Å². The van der Waals surface area contributed by atoms with Crippen LogP contribution in [0.15, 0.2) is 18.2 Å². The Hall–Kier alpha value is -1.35. The van der Waals surface area contributed by atoms with E-state index >= 15 is 0 Å². The predicted octanol–water partition coefficient (Wildman–Crippen LogP) is 1.33. The molecule has 0 spiro atoms. The van der Waals surface area contributed by atoms with Crippen molar-refractivity contribution in [2.45, 2.75) is 19.3 Å². The molecule has 0 aromatic heterocycles. The number of fused-ring (bicyclic) bond motifs is 1. The fourth-order valence-electron chi connectivity index (χ4n) is 2.69. The highest BCUT2D eigenvalue weighted by Crippen LogP contribution is 2.29. The quantitative estimate of drug-likeness (QED) is 0.783. The van der Waals surface area contributed by atoms with Crippen molar-refractivity contribution in [3.8, 4) is 0 Å². The number of anilines is 1. The minimum Gasteiger partial charge on any atom is -0.325 e. The number of rotatable bonds is 2. The SMILES string of the molecule is O=C1Cc2cccc(CC3CCNC3)c2N1. The second-order valence-electron chi connectivity index (χ2n) is 4.74. The van der Waals surface area contributed by atoms with E-state index < -0.39 is 0 Å². The first-order chi connectivity index (χ1) is 7.83.